The van der Waals surface area contributed by atoms with Crippen molar-refractivity contribution in [1.29, 1.82) is 0 Å². The third-order valence-corrected chi connectivity index (χ3v) is 3.80. The van der Waals surface area contributed by atoms with Crippen molar-refractivity contribution >= 4 is 11.8 Å². The monoisotopic (exact) mass is 283 g/mol. The van der Waals surface area contributed by atoms with E-state index in [2.05, 4.69) is 18.5 Å². The number of benzene rings is 1. The van der Waals surface area contributed by atoms with E-state index in [0.29, 0.717) is 12.6 Å². The molecule has 0 bridgehead atoms. The molecule has 0 aromatic heterocycles. The van der Waals surface area contributed by atoms with Gasteiger partial charge < -0.3 is 15.2 Å². The van der Waals surface area contributed by atoms with Crippen LogP contribution in [0.25, 0.3) is 0 Å². The summed E-state index contributed by atoms with van der Waals surface area (Å²) in [5, 5.41) is 13.7. The molecule has 0 amide bonds. The Bertz CT molecular complexity index is 384. The van der Waals surface area contributed by atoms with E-state index in [9.17, 15) is 5.11 Å². The van der Waals surface area contributed by atoms with Crippen LogP contribution in [0.3, 0.4) is 0 Å². The minimum atomic E-state index is -0.536. The molecule has 0 fully saturated rings. The molecule has 2 unspecified atom stereocenters. The van der Waals surface area contributed by atoms with Crippen LogP contribution in [0.4, 0.5) is 0 Å². The molecule has 19 heavy (non-hydrogen) atoms. The Balaban J connectivity index is 2.57. The van der Waals surface area contributed by atoms with E-state index in [1.165, 1.54) is 0 Å². The summed E-state index contributed by atoms with van der Waals surface area (Å²) in [5.74, 6) is 1.88. The fraction of sp³-hybridized carbons (Fsp3) is 0.600. The highest BCUT2D eigenvalue weighted by molar-refractivity contribution is 7.98. The SMILES string of the molecule is COc1ccc(C)cc1C(O)CNC(C)CCSC. The number of aryl methyl sites for hydroxylation is 1. The van der Waals surface area contributed by atoms with Crippen LogP contribution in [0.5, 0.6) is 5.75 Å². The van der Waals surface area contributed by atoms with Crippen molar-refractivity contribution in [3.8, 4) is 5.75 Å². The van der Waals surface area contributed by atoms with Gasteiger partial charge in [0.25, 0.3) is 0 Å². The number of methoxy groups -OCH3 is 1. The lowest BCUT2D eigenvalue weighted by Gasteiger charge is -2.19. The van der Waals surface area contributed by atoms with Crippen LogP contribution in [0, 0.1) is 6.92 Å². The van der Waals surface area contributed by atoms with Crippen molar-refractivity contribution in [2.75, 3.05) is 25.7 Å². The number of aliphatic hydroxyl groups excluding tert-OH is 1. The number of hydrogen-bond donors (Lipinski definition) is 2. The summed E-state index contributed by atoms with van der Waals surface area (Å²) >= 11 is 1.85. The number of hydrogen-bond acceptors (Lipinski definition) is 4. The maximum Gasteiger partial charge on any atom is 0.124 e. The summed E-state index contributed by atoms with van der Waals surface area (Å²) < 4.78 is 5.30. The highest BCUT2D eigenvalue weighted by Crippen LogP contribution is 2.25. The van der Waals surface area contributed by atoms with Gasteiger partial charge in [0.1, 0.15) is 5.75 Å². The van der Waals surface area contributed by atoms with Gasteiger partial charge in [0.2, 0.25) is 0 Å². The Hall–Kier alpha value is -0.710. The average molecular weight is 283 g/mol. The molecule has 4 heteroatoms. The van der Waals surface area contributed by atoms with Crippen molar-refractivity contribution in [3.63, 3.8) is 0 Å². The second kappa shape index (κ2) is 8.46. The second-order valence-electron chi connectivity index (χ2n) is 4.85. The van der Waals surface area contributed by atoms with Crippen molar-refractivity contribution in [2.24, 2.45) is 0 Å². The molecule has 0 aliphatic rings. The first-order valence-electron chi connectivity index (χ1n) is 6.63. The second-order valence-corrected chi connectivity index (χ2v) is 5.84. The summed E-state index contributed by atoms with van der Waals surface area (Å²) in [6.45, 7) is 4.72. The zero-order valence-electron chi connectivity index (χ0n) is 12.3. The third kappa shape index (κ3) is 5.43. The Morgan fingerprint density at radius 2 is 2.16 bits per heavy atom. The van der Waals surface area contributed by atoms with E-state index < -0.39 is 6.10 Å². The predicted molar refractivity (Wildman–Crippen MR) is 83.2 cm³/mol. The molecule has 0 saturated carbocycles. The lowest BCUT2D eigenvalue weighted by Crippen LogP contribution is -2.31. The molecule has 1 aromatic rings. The van der Waals surface area contributed by atoms with Gasteiger partial charge in [0.05, 0.1) is 13.2 Å². The molecule has 0 radical (unpaired) electrons. The van der Waals surface area contributed by atoms with E-state index in [0.717, 1.165) is 29.1 Å². The fourth-order valence-electron chi connectivity index (χ4n) is 1.93. The van der Waals surface area contributed by atoms with E-state index in [4.69, 9.17) is 4.74 Å². The Kier molecular flexibility index (Phi) is 7.28. The van der Waals surface area contributed by atoms with E-state index >= 15 is 0 Å². The van der Waals surface area contributed by atoms with Crippen molar-refractivity contribution < 1.29 is 9.84 Å². The molecule has 1 aromatic carbocycles. The molecule has 0 spiro atoms. The van der Waals surface area contributed by atoms with Gasteiger partial charge in [-0.15, -0.1) is 0 Å². The Morgan fingerprint density at radius 1 is 1.42 bits per heavy atom. The van der Waals surface area contributed by atoms with Crippen LogP contribution in [-0.2, 0) is 0 Å². The zero-order valence-corrected chi connectivity index (χ0v) is 13.1. The van der Waals surface area contributed by atoms with Gasteiger partial charge in [0.15, 0.2) is 0 Å². The molecule has 0 heterocycles. The van der Waals surface area contributed by atoms with Crippen LogP contribution in [0.15, 0.2) is 18.2 Å². The first-order valence-corrected chi connectivity index (χ1v) is 8.02. The molecule has 1 rings (SSSR count). The summed E-state index contributed by atoms with van der Waals surface area (Å²) in [6, 6.07) is 6.30. The highest BCUT2D eigenvalue weighted by atomic mass is 32.2. The number of thioether (sulfide) groups is 1. The van der Waals surface area contributed by atoms with Crippen LogP contribution in [0.2, 0.25) is 0 Å². The topological polar surface area (TPSA) is 41.5 Å². The van der Waals surface area contributed by atoms with E-state index in [-0.39, 0.29) is 0 Å². The van der Waals surface area contributed by atoms with Gasteiger partial charge in [-0.3, -0.25) is 0 Å². The van der Waals surface area contributed by atoms with Crippen LogP contribution >= 0.6 is 11.8 Å². The lowest BCUT2D eigenvalue weighted by molar-refractivity contribution is 0.166. The minimum Gasteiger partial charge on any atom is -0.496 e. The van der Waals surface area contributed by atoms with Gasteiger partial charge in [-0.25, -0.2) is 0 Å². The predicted octanol–water partition coefficient (Wildman–Crippen LogP) is 2.77. The molecular formula is C15H25NO2S. The summed E-state index contributed by atoms with van der Waals surface area (Å²) in [6.07, 6.45) is 2.68. The van der Waals surface area contributed by atoms with Crippen molar-refractivity contribution in [2.45, 2.75) is 32.4 Å². The number of nitrogens with one attached hydrogen (secondary N) is 1. The van der Waals surface area contributed by atoms with Crippen molar-refractivity contribution in [1.82, 2.24) is 5.32 Å². The largest absolute Gasteiger partial charge is 0.496 e. The summed E-state index contributed by atoms with van der Waals surface area (Å²) in [5.41, 5.74) is 1.98. The minimum absolute atomic E-state index is 0.415. The van der Waals surface area contributed by atoms with Gasteiger partial charge in [-0.05, 0) is 44.4 Å². The van der Waals surface area contributed by atoms with Crippen LogP contribution < -0.4 is 10.1 Å². The van der Waals surface area contributed by atoms with E-state index in [1.54, 1.807) is 7.11 Å². The molecule has 0 saturated heterocycles. The standard InChI is InChI=1S/C15H25NO2S/c1-11-5-6-15(18-3)13(9-11)14(17)10-16-12(2)7-8-19-4/h5-6,9,12,14,16-17H,7-8,10H2,1-4H3. The van der Waals surface area contributed by atoms with Gasteiger partial charge in [-0.1, -0.05) is 11.6 Å². The molecular weight excluding hydrogens is 258 g/mol. The van der Waals surface area contributed by atoms with Gasteiger partial charge >= 0.3 is 0 Å². The third-order valence-electron chi connectivity index (χ3n) is 3.16. The smallest absolute Gasteiger partial charge is 0.124 e. The quantitative estimate of drug-likeness (QED) is 0.770. The maximum absolute atomic E-state index is 10.3. The van der Waals surface area contributed by atoms with Crippen LogP contribution in [-0.4, -0.2) is 36.8 Å². The Labute approximate surface area is 120 Å². The fourth-order valence-corrected chi connectivity index (χ4v) is 2.52. The molecule has 2 atom stereocenters. The lowest BCUT2D eigenvalue weighted by atomic mass is 10.0. The molecule has 108 valence electrons. The summed E-state index contributed by atoms with van der Waals surface area (Å²) in [7, 11) is 1.63. The number of aliphatic hydroxyl groups is 1. The Morgan fingerprint density at radius 3 is 2.79 bits per heavy atom. The first-order chi connectivity index (χ1) is 9.08. The summed E-state index contributed by atoms with van der Waals surface area (Å²) in [4.78, 5) is 0. The highest BCUT2D eigenvalue weighted by Gasteiger charge is 2.14. The zero-order chi connectivity index (χ0) is 14.3. The molecule has 2 N–H and O–H groups in total. The molecule has 0 aliphatic heterocycles. The van der Waals surface area contributed by atoms with Gasteiger partial charge in [-0.2, -0.15) is 11.8 Å². The molecule has 3 nitrogen and oxygen atoms in total. The maximum atomic E-state index is 10.3. The van der Waals surface area contributed by atoms with Crippen LogP contribution in [0.1, 0.15) is 30.6 Å². The van der Waals surface area contributed by atoms with Gasteiger partial charge in [0, 0.05) is 18.2 Å². The molecule has 0 aliphatic carbocycles. The number of rotatable bonds is 8. The first kappa shape index (κ1) is 16.3. The number of ether oxygens (including phenoxy) is 1. The normalized spacial score (nSPS) is 14.2. The average Bonchev–Trinajstić information content (AvgIpc) is 2.42. The van der Waals surface area contributed by atoms with Crippen molar-refractivity contribution in [3.05, 3.63) is 29.3 Å². The van der Waals surface area contributed by atoms with E-state index in [1.807, 2.05) is 36.9 Å².